The van der Waals surface area contributed by atoms with E-state index in [1.54, 1.807) is 21.1 Å². The number of esters is 1. The number of β-lactam (4-membered cyclic amide) rings is 1. The van der Waals surface area contributed by atoms with Crippen molar-refractivity contribution in [1.82, 2.24) is 9.80 Å². The maximum atomic E-state index is 13.3. The molecule has 8 heteroatoms. The first-order valence-electron chi connectivity index (χ1n) is 11.3. The van der Waals surface area contributed by atoms with E-state index in [2.05, 4.69) is 23.1 Å². The molecular weight excluding hydrogens is 412 g/mol. The quantitative estimate of drug-likeness (QED) is 0.525. The van der Waals surface area contributed by atoms with Crippen LogP contribution in [-0.4, -0.2) is 72.9 Å². The van der Waals surface area contributed by atoms with Gasteiger partial charge in [0.1, 0.15) is 11.3 Å². The average Bonchev–Trinajstić information content (AvgIpc) is 3.47. The van der Waals surface area contributed by atoms with Crippen molar-refractivity contribution in [3.05, 3.63) is 35.1 Å². The average molecular weight is 440 g/mol. The molecule has 6 rings (SSSR count). The second-order valence-corrected chi connectivity index (χ2v) is 9.69. The molecule has 0 saturated carbocycles. The Morgan fingerprint density at radius 1 is 1.22 bits per heavy atom. The summed E-state index contributed by atoms with van der Waals surface area (Å²) in [5.41, 5.74) is 1.12. The van der Waals surface area contributed by atoms with Gasteiger partial charge in [0.25, 0.3) is 0 Å². The SMILES string of the molecule is COC1=C[C@]23CCCN2CCc2cc4c(cc2[C@@H]3[C@@H]1OC(=O)[C@]1(C)CC(=O)N1C)OCO4. The summed E-state index contributed by atoms with van der Waals surface area (Å²) in [6.07, 6.45) is 4.74. The molecular formula is C24H28N2O6. The first-order chi connectivity index (χ1) is 15.4. The Morgan fingerprint density at radius 2 is 2.00 bits per heavy atom. The Morgan fingerprint density at radius 3 is 2.72 bits per heavy atom. The monoisotopic (exact) mass is 440 g/mol. The molecule has 0 N–H and O–H groups in total. The Balaban J connectivity index is 1.44. The van der Waals surface area contributed by atoms with Gasteiger partial charge in [0.2, 0.25) is 12.7 Å². The van der Waals surface area contributed by atoms with Crippen molar-refractivity contribution in [1.29, 1.82) is 0 Å². The first kappa shape index (κ1) is 19.9. The third-order valence-electron chi connectivity index (χ3n) is 8.25. The van der Waals surface area contributed by atoms with Crippen molar-refractivity contribution < 1.29 is 28.5 Å². The number of carbonyl (C=O) groups excluding carboxylic acids is 2. The van der Waals surface area contributed by atoms with Gasteiger partial charge in [-0.1, -0.05) is 0 Å². The van der Waals surface area contributed by atoms with Crippen LogP contribution in [0.4, 0.5) is 0 Å². The number of amides is 1. The molecule has 1 spiro atoms. The van der Waals surface area contributed by atoms with E-state index in [4.69, 9.17) is 18.9 Å². The number of likely N-dealkylation sites (tertiary alicyclic amines) is 1. The van der Waals surface area contributed by atoms with Crippen molar-refractivity contribution in [3.8, 4) is 11.5 Å². The van der Waals surface area contributed by atoms with Gasteiger partial charge in [-0.3, -0.25) is 9.69 Å². The van der Waals surface area contributed by atoms with Crippen LogP contribution in [0.15, 0.2) is 24.0 Å². The number of ether oxygens (including phenoxy) is 4. The second kappa shape index (κ2) is 6.63. The van der Waals surface area contributed by atoms with Gasteiger partial charge in [0, 0.05) is 13.6 Å². The van der Waals surface area contributed by atoms with Crippen molar-refractivity contribution >= 4 is 11.9 Å². The highest BCUT2D eigenvalue weighted by Gasteiger charge is 2.60. The standard InChI is InChI=1S/C24H28N2O6/c1-23(12-19(27)25(23)2)22(28)32-21-18(29-3)11-24-6-4-7-26(24)8-5-14-9-16-17(31-13-30-16)10-15(14)20(21)24/h9-11,20-21H,4-8,12-13H2,1-3H3/t20-,21-,23+,24+/m1/s1. The molecule has 8 nitrogen and oxygen atoms in total. The molecule has 4 atom stereocenters. The fourth-order valence-corrected chi connectivity index (χ4v) is 6.26. The lowest BCUT2D eigenvalue weighted by molar-refractivity contribution is -0.180. The molecule has 170 valence electrons. The normalized spacial score (nSPS) is 34.8. The van der Waals surface area contributed by atoms with Crippen LogP contribution < -0.4 is 9.47 Å². The van der Waals surface area contributed by atoms with Crippen LogP contribution in [-0.2, 0) is 25.5 Å². The molecule has 1 aromatic rings. The number of hydrogen-bond acceptors (Lipinski definition) is 7. The molecule has 0 unspecified atom stereocenters. The summed E-state index contributed by atoms with van der Waals surface area (Å²) in [7, 11) is 3.28. The van der Waals surface area contributed by atoms with Gasteiger partial charge >= 0.3 is 5.97 Å². The molecule has 1 aromatic carbocycles. The first-order valence-corrected chi connectivity index (χ1v) is 11.3. The Labute approximate surface area is 187 Å². The Bertz CT molecular complexity index is 1050. The molecule has 5 aliphatic rings. The van der Waals surface area contributed by atoms with Crippen LogP contribution in [0.1, 0.15) is 43.2 Å². The predicted molar refractivity (Wildman–Crippen MR) is 113 cm³/mol. The van der Waals surface area contributed by atoms with Gasteiger partial charge in [-0.2, -0.15) is 0 Å². The zero-order chi connectivity index (χ0) is 22.3. The van der Waals surface area contributed by atoms with E-state index in [1.165, 1.54) is 10.5 Å². The third kappa shape index (κ3) is 2.47. The lowest BCUT2D eigenvalue weighted by Crippen LogP contribution is -2.65. The van der Waals surface area contributed by atoms with E-state index in [-0.39, 0.29) is 36.5 Å². The van der Waals surface area contributed by atoms with E-state index >= 15 is 0 Å². The molecule has 4 aliphatic heterocycles. The van der Waals surface area contributed by atoms with Crippen molar-refractivity contribution in [2.75, 3.05) is 34.0 Å². The van der Waals surface area contributed by atoms with Crippen LogP contribution in [0, 0.1) is 0 Å². The predicted octanol–water partition coefficient (Wildman–Crippen LogP) is 1.97. The second-order valence-electron chi connectivity index (χ2n) is 9.69. The van der Waals surface area contributed by atoms with Crippen LogP contribution in [0.5, 0.6) is 11.5 Å². The number of hydrogen-bond donors (Lipinski definition) is 0. The maximum absolute atomic E-state index is 13.3. The van der Waals surface area contributed by atoms with Gasteiger partial charge in [0.05, 0.1) is 25.0 Å². The van der Waals surface area contributed by atoms with Gasteiger partial charge in [-0.05, 0) is 62.1 Å². The van der Waals surface area contributed by atoms with Crippen molar-refractivity contribution in [2.24, 2.45) is 0 Å². The molecule has 2 fully saturated rings. The summed E-state index contributed by atoms with van der Waals surface area (Å²) < 4.78 is 23.4. The summed E-state index contributed by atoms with van der Waals surface area (Å²) in [6.45, 7) is 3.91. The zero-order valence-corrected chi connectivity index (χ0v) is 18.7. The highest BCUT2D eigenvalue weighted by atomic mass is 16.7. The fourth-order valence-electron chi connectivity index (χ4n) is 6.26. The largest absolute Gasteiger partial charge is 0.497 e. The van der Waals surface area contributed by atoms with E-state index in [1.807, 2.05) is 0 Å². The highest BCUT2D eigenvalue weighted by molar-refractivity contribution is 5.98. The van der Waals surface area contributed by atoms with E-state index in [0.29, 0.717) is 5.76 Å². The Hall–Kier alpha value is -2.74. The van der Waals surface area contributed by atoms with E-state index in [0.717, 1.165) is 49.4 Å². The van der Waals surface area contributed by atoms with E-state index < -0.39 is 11.6 Å². The lowest BCUT2D eigenvalue weighted by Gasteiger charge is -2.46. The maximum Gasteiger partial charge on any atom is 0.333 e. The number of likely N-dealkylation sites (N-methyl/N-ethyl adjacent to an activating group) is 1. The molecule has 2 saturated heterocycles. The van der Waals surface area contributed by atoms with Gasteiger partial charge in [0.15, 0.2) is 17.6 Å². The molecule has 1 aliphatic carbocycles. The Kier molecular flexibility index (Phi) is 4.13. The summed E-state index contributed by atoms with van der Waals surface area (Å²) in [4.78, 5) is 29.1. The highest BCUT2D eigenvalue weighted by Crippen LogP contribution is 2.55. The summed E-state index contributed by atoms with van der Waals surface area (Å²) >= 11 is 0. The summed E-state index contributed by atoms with van der Waals surface area (Å²) in [5, 5.41) is 0. The lowest BCUT2D eigenvalue weighted by atomic mass is 9.77. The molecule has 0 bridgehead atoms. The third-order valence-corrected chi connectivity index (χ3v) is 8.25. The molecule has 1 amide bonds. The minimum absolute atomic E-state index is 0.0515. The molecule has 32 heavy (non-hydrogen) atoms. The summed E-state index contributed by atoms with van der Waals surface area (Å²) in [6, 6.07) is 4.15. The minimum atomic E-state index is -0.941. The smallest absolute Gasteiger partial charge is 0.333 e. The zero-order valence-electron chi connectivity index (χ0n) is 18.7. The number of nitrogens with zero attached hydrogens (tertiary/aromatic N) is 2. The van der Waals surface area contributed by atoms with Crippen LogP contribution >= 0.6 is 0 Å². The van der Waals surface area contributed by atoms with Crippen molar-refractivity contribution in [2.45, 2.75) is 55.7 Å². The van der Waals surface area contributed by atoms with E-state index in [9.17, 15) is 9.59 Å². The molecule has 4 heterocycles. The van der Waals surface area contributed by atoms with Gasteiger partial charge in [-0.25, -0.2) is 4.79 Å². The topological polar surface area (TPSA) is 77.5 Å². The van der Waals surface area contributed by atoms with Crippen LogP contribution in [0.25, 0.3) is 0 Å². The number of rotatable bonds is 3. The summed E-state index contributed by atoms with van der Waals surface area (Å²) in [5.74, 6) is 1.63. The van der Waals surface area contributed by atoms with Gasteiger partial charge in [-0.15, -0.1) is 0 Å². The fraction of sp³-hybridized carbons (Fsp3) is 0.583. The van der Waals surface area contributed by atoms with Crippen LogP contribution in [0.2, 0.25) is 0 Å². The van der Waals surface area contributed by atoms with Crippen LogP contribution in [0.3, 0.4) is 0 Å². The molecule has 0 aromatic heterocycles. The number of carbonyl (C=O) groups is 2. The molecule has 0 radical (unpaired) electrons. The van der Waals surface area contributed by atoms with Gasteiger partial charge < -0.3 is 23.8 Å². The minimum Gasteiger partial charge on any atom is -0.497 e. The number of benzene rings is 1. The number of methoxy groups -OCH3 is 1. The van der Waals surface area contributed by atoms with Crippen molar-refractivity contribution in [3.63, 3.8) is 0 Å². The number of fused-ring (bicyclic) bond motifs is 3.